The van der Waals surface area contributed by atoms with Crippen molar-refractivity contribution in [3.05, 3.63) is 69.2 Å². The van der Waals surface area contributed by atoms with Gasteiger partial charge in [0.25, 0.3) is 0 Å². The zero-order valence-corrected chi connectivity index (χ0v) is 13.9. The zero-order chi connectivity index (χ0) is 15.8. The fourth-order valence-electron chi connectivity index (χ4n) is 1.61. The molecule has 2 rings (SSSR count). The minimum atomic E-state index is -0.494. The lowest BCUT2D eigenvalue weighted by Gasteiger charge is -2.04. The Balaban J connectivity index is 1.75. The van der Waals surface area contributed by atoms with Crippen LogP contribution in [0.5, 0.6) is 0 Å². The van der Waals surface area contributed by atoms with E-state index in [0.29, 0.717) is 5.02 Å². The maximum absolute atomic E-state index is 11.5. The highest BCUT2D eigenvalue weighted by Crippen LogP contribution is 2.22. The average Bonchev–Trinajstić information content (AvgIpc) is 2.54. The highest BCUT2D eigenvalue weighted by atomic mass is 79.9. The van der Waals surface area contributed by atoms with E-state index in [1.807, 2.05) is 42.5 Å². The van der Waals surface area contributed by atoms with E-state index in [1.54, 1.807) is 6.07 Å². The summed E-state index contributed by atoms with van der Waals surface area (Å²) in [6.45, 7) is 0.448. The van der Waals surface area contributed by atoms with E-state index in [9.17, 15) is 4.79 Å². The molecule has 0 unspecified atom stereocenters. The molecular formula is C17H13BrClNO2. The topological polar surface area (TPSA) is 38.3 Å². The first-order chi connectivity index (χ1) is 10.6. The van der Waals surface area contributed by atoms with Crippen molar-refractivity contribution >= 4 is 33.6 Å². The number of nitrogens with one attached hydrogen (secondary N) is 1. The van der Waals surface area contributed by atoms with E-state index in [-0.39, 0.29) is 13.2 Å². The number of hydrogen-bond acceptors (Lipinski definition) is 2. The summed E-state index contributed by atoms with van der Waals surface area (Å²) in [5.74, 6) is 5.76. The summed E-state index contributed by atoms with van der Waals surface area (Å²) >= 11 is 9.29. The first-order valence-corrected chi connectivity index (χ1v) is 7.71. The maximum atomic E-state index is 11.5. The van der Waals surface area contributed by atoms with E-state index in [0.717, 1.165) is 15.6 Å². The van der Waals surface area contributed by atoms with Crippen molar-refractivity contribution in [2.45, 2.75) is 6.61 Å². The average molecular weight is 379 g/mol. The van der Waals surface area contributed by atoms with Crippen molar-refractivity contribution in [1.29, 1.82) is 0 Å². The van der Waals surface area contributed by atoms with Gasteiger partial charge >= 0.3 is 6.09 Å². The van der Waals surface area contributed by atoms with Gasteiger partial charge < -0.3 is 10.1 Å². The van der Waals surface area contributed by atoms with Crippen LogP contribution in [0.15, 0.2) is 53.0 Å². The molecule has 0 radical (unpaired) electrons. The zero-order valence-electron chi connectivity index (χ0n) is 11.6. The Morgan fingerprint density at radius 3 is 2.73 bits per heavy atom. The molecule has 0 aromatic heterocycles. The molecule has 0 aliphatic heterocycles. The van der Waals surface area contributed by atoms with E-state index in [4.69, 9.17) is 16.3 Å². The summed E-state index contributed by atoms with van der Waals surface area (Å²) in [7, 11) is 0. The highest BCUT2D eigenvalue weighted by Gasteiger charge is 2.00. The second-order valence-corrected chi connectivity index (χ2v) is 5.61. The van der Waals surface area contributed by atoms with Crippen LogP contribution in [-0.2, 0) is 11.3 Å². The van der Waals surface area contributed by atoms with E-state index in [2.05, 4.69) is 33.1 Å². The van der Waals surface area contributed by atoms with Gasteiger partial charge in [-0.25, -0.2) is 4.79 Å². The van der Waals surface area contributed by atoms with Crippen molar-refractivity contribution in [3.63, 3.8) is 0 Å². The molecule has 0 saturated carbocycles. The molecule has 0 bridgehead atoms. The monoisotopic (exact) mass is 377 g/mol. The van der Waals surface area contributed by atoms with Gasteiger partial charge in [-0.3, -0.25) is 0 Å². The molecular weight excluding hydrogens is 366 g/mol. The van der Waals surface area contributed by atoms with Crippen molar-refractivity contribution in [2.24, 2.45) is 0 Å². The molecule has 112 valence electrons. The van der Waals surface area contributed by atoms with Gasteiger partial charge in [-0.15, -0.1) is 0 Å². The Bertz CT molecular complexity index is 708. The van der Waals surface area contributed by atoms with Gasteiger partial charge in [-0.05, 0) is 39.7 Å². The van der Waals surface area contributed by atoms with Gasteiger partial charge in [-0.2, -0.15) is 0 Å². The number of carbonyl (C=O) groups is 1. The Hall–Kier alpha value is -1.96. The standard InChI is InChI=1S/C17H13BrClNO2/c18-15-9-8-13(11-16(15)19)7-4-10-20-17(21)22-12-14-5-2-1-3-6-14/h1-3,5-6,8-9,11H,10,12H2,(H,20,21). The number of rotatable bonds is 3. The van der Waals surface area contributed by atoms with Gasteiger partial charge in [0.15, 0.2) is 0 Å². The molecule has 0 fully saturated rings. The Morgan fingerprint density at radius 2 is 2.00 bits per heavy atom. The molecule has 1 amide bonds. The molecule has 0 atom stereocenters. The van der Waals surface area contributed by atoms with Crippen LogP contribution in [0.3, 0.4) is 0 Å². The SMILES string of the molecule is O=C(NCC#Cc1ccc(Br)c(Cl)c1)OCc1ccccc1. The summed E-state index contributed by atoms with van der Waals surface area (Å²) in [6.07, 6.45) is -0.494. The predicted molar refractivity (Wildman–Crippen MR) is 90.7 cm³/mol. The molecule has 2 aromatic carbocycles. The van der Waals surface area contributed by atoms with Crippen molar-refractivity contribution in [2.75, 3.05) is 6.54 Å². The Kier molecular flexibility index (Phi) is 6.32. The lowest BCUT2D eigenvalue weighted by atomic mass is 10.2. The molecule has 22 heavy (non-hydrogen) atoms. The van der Waals surface area contributed by atoms with Gasteiger partial charge in [-0.1, -0.05) is 53.8 Å². The second kappa shape index (κ2) is 8.47. The third kappa shape index (κ3) is 5.44. The van der Waals surface area contributed by atoms with Gasteiger partial charge in [0, 0.05) is 10.0 Å². The van der Waals surface area contributed by atoms with Crippen LogP contribution in [-0.4, -0.2) is 12.6 Å². The Labute approximate surface area is 142 Å². The summed E-state index contributed by atoms with van der Waals surface area (Å²) in [6, 6.07) is 14.9. The molecule has 2 aromatic rings. The van der Waals surface area contributed by atoms with Crippen LogP contribution in [0.4, 0.5) is 4.79 Å². The number of amides is 1. The van der Waals surface area contributed by atoms with Crippen LogP contribution >= 0.6 is 27.5 Å². The molecule has 0 aliphatic rings. The van der Waals surface area contributed by atoms with Crippen LogP contribution in [0.2, 0.25) is 5.02 Å². The van der Waals surface area contributed by atoms with Gasteiger partial charge in [0.1, 0.15) is 6.61 Å². The molecule has 0 spiro atoms. The van der Waals surface area contributed by atoms with E-state index < -0.39 is 6.09 Å². The number of halogens is 2. The number of benzene rings is 2. The van der Waals surface area contributed by atoms with Crippen molar-refractivity contribution in [1.82, 2.24) is 5.32 Å². The normalized spacial score (nSPS) is 9.55. The lowest BCUT2D eigenvalue weighted by Crippen LogP contribution is -2.24. The summed E-state index contributed by atoms with van der Waals surface area (Å²) in [5, 5.41) is 3.17. The number of alkyl carbamates (subject to hydrolysis) is 1. The minimum absolute atomic E-state index is 0.210. The first-order valence-electron chi connectivity index (χ1n) is 6.53. The number of ether oxygens (including phenoxy) is 1. The molecule has 3 nitrogen and oxygen atoms in total. The Morgan fingerprint density at radius 1 is 1.23 bits per heavy atom. The van der Waals surface area contributed by atoms with Crippen LogP contribution in [0.25, 0.3) is 0 Å². The fourth-order valence-corrected chi connectivity index (χ4v) is 2.04. The van der Waals surface area contributed by atoms with Crippen LogP contribution < -0.4 is 5.32 Å². The summed E-state index contributed by atoms with van der Waals surface area (Å²) in [4.78, 5) is 11.5. The second-order valence-electron chi connectivity index (χ2n) is 4.35. The lowest BCUT2D eigenvalue weighted by molar-refractivity contribution is 0.141. The minimum Gasteiger partial charge on any atom is -0.445 e. The third-order valence-electron chi connectivity index (χ3n) is 2.69. The van der Waals surface area contributed by atoms with Crippen molar-refractivity contribution < 1.29 is 9.53 Å². The smallest absolute Gasteiger partial charge is 0.408 e. The van der Waals surface area contributed by atoms with E-state index >= 15 is 0 Å². The highest BCUT2D eigenvalue weighted by molar-refractivity contribution is 9.10. The van der Waals surface area contributed by atoms with Crippen LogP contribution in [0.1, 0.15) is 11.1 Å². The summed E-state index contributed by atoms with van der Waals surface area (Å²) < 4.78 is 5.89. The third-order valence-corrected chi connectivity index (χ3v) is 3.92. The predicted octanol–water partition coefficient (Wildman–Crippen LogP) is 4.38. The molecule has 1 N–H and O–H groups in total. The largest absolute Gasteiger partial charge is 0.445 e. The summed E-state index contributed by atoms with van der Waals surface area (Å²) in [5.41, 5.74) is 1.72. The van der Waals surface area contributed by atoms with Gasteiger partial charge in [0.2, 0.25) is 0 Å². The first kappa shape index (κ1) is 16.4. The molecule has 0 aliphatic carbocycles. The quantitative estimate of drug-likeness (QED) is 0.805. The maximum Gasteiger partial charge on any atom is 0.408 e. The van der Waals surface area contributed by atoms with Crippen molar-refractivity contribution in [3.8, 4) is 11.8 Å². The van der Waals surface area contributed by atoms with E-state index in [1.165, 1.54) is 0 Å². The fraction of sp³-hybridized carbons (Fsp3) is 0.118. The number of carbonyl (C=O) groups excluding carboxylic acids is 1. The van der Waals surface area contributed by atoms with Gasteiger partial charge in [0.05, 0.1) is 11.6 Å². The van der Waals surface area contributed by atoms with Crippen LogP contribution in [0, 0.1) is 11.8 Å². The molecule has 5 heteroatoms. The molecule has 0 heterocycles. The molecule has 0 saturated heterocycles. The number of hydrogen-bond donors (Lipinski definition) is 1.